The summed E-state index contributed by atoms with van der Waals surface area (Å²) < 4.78 is 72.7. The van der Waals surface area contributed by atoms with Crippen LogP contribution in [0.4, 0.5) is 0 Å². The van der Waals surface area contributed by atoms with E-state index in [1.54, 1.807) is 0 Å². The average molecular weight is 789 g/mol. The molecule has 0 radical (unpaired) electrons. The largest absolute Gasteiger partial charge is 0.379 e. The average Bonchev–Trinajstić information content (AvgIpc) is 3.53. The minimum Gasteiger partial charge on any atom is -0.379 e. The molecule has 0 aliphatic carbocycles. The fourth-order valence-electron chi connectivity index (χ4n) is 7.83. The minimum atomic E-state index is -0.635. The monoisotopic (exact) mass is 788 g/mol. The highest BCUT2D eigenvalue weighted by Gasteiger charge is 2.52. The van der Waals surface area contributed by atoms with E-state index in [4.69, 9.17) is 56.8 Å². The highest BCUT2D eigenvalue weighted by Crippen LogP contribution is 2.60. The Morgan fingerprint density at radius 3 is 0.830 bits per heavy atom. The van der Waals surface area contributed by atoms with Crippen LogP contribution in [0.25, 0.3) is 0 Å². The van der Waals surface area contributed by atoms with Crippen LogP contribution in [-0.2, 0) is 56.8 Å². The lowest BCUT2D eigenvalue weighted by Gasteiger charge is -2.31. The first-order valence-electron chi connectivity index (χ1n) is 19.8. The molecule has 4 aliphatic heterocycles. The Morgan fingerprint density at radius 1 is 0.340 bits per heavy atom. The zero-order chi connectivity index (χ0) is 37.1. The van der Waals surface area contributed by atoms with Crippen LogP contribution >= 0.6 is 15.8 Å². The Morgan fingerprint density at radius 2 is 0.566 bits per heavy atom. The molecule has 4 aliphatic rings. The van der Waals surface area contributed by atoms with E-state index in [1.165, 1.54) is 10.6 Å². The van der Waals surface area contributed by atoms with Crippen molar-refractivity contribution in [1.82, 2.24) is 0 Å². The molecule has 5 rings (SSSR count). The molecule has 53 heavy (non-hydrogen) atoms. The maximum atomic E-state index is 6.66. The Kier molecular flexibility index (Phi) is 20.7. The molecule has 0 aromatic heterocycles. The van der Waals surface area contributed by atoms with Gasteiger partial charge in [-0.3, -0.25) is 0 Å². The van der Waals surface area contributed by atoms with Crippen LogP contribution in [-0.4, -0.2) is 179 Å². The van der Waals surface area contributed by atoms with Crippen molar-refractivity contribution >= 4 is 26.5 Å². The van der Waals surface area contributed by atoms with Gasteiger partial charge in [-0.2, -0.15) is 0 Å². The van der Waals surface area contributed by atoms with Crippen molar-refractivity contribution in [2.24, 2.45) is 0 Å². The fourth-order valence-corrected chi connectivity index (χ4v) is 15.2. The number of hydrogen-bond acceptors (Lipinski definition) is 12. The lowest BCUT2D eigenvalue weighted by Crippen LogP contribution is -2.37. The number of ether oxygens (including phenoxy) is 12. The molecule has 0 N–H and O–H groups in total. The summed E-state index contributed by atoms with van der Waals surface area (Å²) in [5.41, 5.74) is 1.16. The van der Waals surface area contributed by atoms with Crippen LogP contribution in [0.3, 0.4) is 0 Å². The molecule has 304 valence electrons. The fraction of sp³-hybridized carbons (Fsp3) is 0.846. The van der Waals surface area contributed by atoms with Crippen LogP contribution in [0.15, 0.2) is 24.3 Å². The van der Waals surface area contributed by atoms with Gasteiger partial charge in [-0.05, 0) is 17.0 Å². The second-order valence-corrected chi connectivity index (χ2v) is 19.7. The third-order valence-electron chi connectivity index (χ3n) is 10.3. The van der Waals surface area contributed by atoms with Crippen LogP contribution < -0.4 is 10.6 Å². The predicted molar refractivity (Wildman–Crippen MR) is 208 cm³/mol. The molecule has 0 amide bonds. The molecule has 0 spiro atoms. The summed E-state index contributed by atoms with van der Waals surface area (Å²) in [5.74, 6) is 0. The van der Waals surface area contributed by atoms with Gasteiger partial charge in [0.2, 0.25) is 0 Å². The van der Waals surface area contributed by atoms with Crippen molar-refractivity contribution in [3.05, 3.63) is 24.3 Å². The van der Waals surface area contributed by atoms with Crippen molar-refractivity contribution in [2.75, 3.05) is 132 Å². The molecule has 0 bridgehead atoms. The van der Waals surface area contributed by atoms with Crippen LogP contribution in [0, 0.1) is 0 Å². The van der Waals surface area contributed by atoms with Gasteiger partial charge in [0, 0.05) is 35.8 Å². The van der Waals surface area contributed by atoms with E-state index in [2.05, 4.69) is 52.0 Å². The Hall–Kier alpha value is -0.400. The lowest BCUT2D eigenvalue weighted by molar-refractivity contribution is -0.0913. The van der Waals surface area contributed by atoms with Gasteiger partial charge in [-0.25, -0.2) is 0 Å². The number of benzene rings is 1. The van der Waals surface area contributed by atoms with Gasteiger partial charge in [0.1, 0.15) is 0 Å². The van der Waals surface area contributed by atoms with Gasteiger partial charge in [0.25, 0.3) is 0 Å². The Bertz CT molecular complexity index is 1060. The molecular weight excluding hydrogens is 722 g/mol. The molecule has 4 saturated heterocycles. The third kappa shape index (κ3) is 13.3. The molecular formula is C39H66O12P2. The number of rotatable bonds is 2. The van der Waals surface area contributed by atoms with Gasteiger partial charge in [0.15, 0.2) is 0 Å². The Labute approximate surface area is 320 Å². The molecule has 12 nitrogen and oxygen atoms in total. The van der Waals surface area contributed by atoms with Crippen LogP contribution in [0.5, 0.6) is 0 Å². The van der Waals surface area contributed by atoms with E-state index in [0.29, 0.717) is 155 Å². The first-order chi connectivity index (χ1) is 26.1. The maximum absolute atomic E-state index is 6.66. The third-order valence-corrected chi connectivity index (χ3v) is 17.1. The summed E-state index contributed by atoms with van der Waals surface area (Å²) in [6.07, 6.45) is 0.669. The van der Waals surface area contributed by atoms with Crippen molar-refractivity contribution in [1.29, 1.82) is 0 Å². The quantitative estimate of drug-likeness (QED) is 0.409. The van der Waals surface area contributed by atoms with E-state index in [9.17, 15) is 0 Å². The maximum Gasteiger partial charge on any atom is 0.0911 e. The second kappa shape index (κ2) is 25.1. The predicted octanol–water partition coefficient (Wildman–Crippen LogP) is 3.57. The normalized spacial score (nSPS) is 34.8. The minimum absolute atomic E-state index is 0.0468. The number of fused-ring (bicyclic) bond motifs is 2. The van der Waals surface area contributed by atoms with Gasteiger partial charge in [0.05, 0.1) is 143 Å². The van der Waals surface area contributed by atoms with Crippen molar-refractivity contribution in [3.8, 4) is 0 Å². The molecule has 1 aromatic carbocycles. The van der Waals surface area contributed by atoms with Crippen LogP contribution in [0.2, 0.25) is 0 Å². The summed E-state index contributed by atoms with van der Waals surface area (Å²) in [6, 6.07) is 9.14. The zero-order valence-electron chi connectivity index (χ0n) is 32.6. The van der Waals surface area contributed by atoms with Gasteiger partial charge in [-0.15, -0.1) is 0 Å². The SMILES string of the molecule is C[C@H]1[C@@H]2OCCOCCOCCCOCCOCCO[C@H]2[C@H](C)P1c1ccccc1P1[C@@H](C)[C@@H]2OCCOCCOCCOCCOCCO[C@H]2[C@@H]1C. The van der Waals surface area contributed by atoms with E-state index in [-0.39, 0.29) is 24.4 Å². The van der Waals surface area contributed by atoms with Gasteiger partial charge in [-0.1, -0.05) is 67.8 Å². The molecule has 1 aromatic rings. The first-order valence-corrected chi connectivity index (χ1v) is 22.8. The van der Waals surface area contributed by atoms with E-state index in [0.717, 1.165) is 6.42 Å². The molecule has 0 saturated carbocycles. The highest BCUT2D eigenvalue weighted by atomic mass is 31.1. The van der Waals surface area contributed by atoms with Crippen molar-refractivity contribution in [2.45, 2.75) is 81.2 Å². The summed E-state index contributed by atoms with van der Waals surface area (Å²) in [7, 11) is -1.27. The highest BCUT2D eigenvalue weighted by molar-refractivity contribution is 7.73. The molecule has 8 atom stereocenters. The standard InChI is InChI=1S/C39H66O12P2/c1-30-36-37(49-27-23-45-15-13-41-11-7-10-40-12-14-44-22-26-48-36)31(2)52(30)34-8-5-6-9-35(34)53-32(3)38-39(33(53)4)51-29-25-47-21-19-43-17-16-42-18-20-46-24-28-50-38/h5-6,8-9,30-33,36-39H,7,10-29H2,1-4H3/t30-,31-,32-,33-,36-,37-,38-,39-/m0/s1. The summed E-state index contributed by atoms with van der Waals surface area (Å²) in [6.45, 7) is 20.3. The molecule has 0 unspecified atom stereocenters. The smallest absolute Gasteiger partial charge is 0.0911 e. The summed E-state index contributed by atoms with van der Waals surface area (Å²) >= 11 is 0. The first kappa shape index (κ1) is 43.7. The second-order valence-electron chi connectivity index (χ2n) is 13.9. The summed E-state index contributed by atoms with van der Waals surface area (Å²) in [4.78, 5) is 0. The van der Waals surface area contributed by atoms with Gasteiger partial charge >= 0.3 is 0 Å². The lowest BCUT2D eigenvalue weighted by atomic mass is 10.1. The van der Waals surface area contributed by atoms with E-state index in [1.807, 2.05) is 0 Å². The summed E-state index contributed by atoms with van der Waals surface area (Å²) in [5, 5.41) is 2.92. The topological polar surface area (TPSA) is 111 Å². The van der Waals surface area contributed by atoms with E-state index >= 15 is 0 Å². The molecule has 14 heteroatoms. The van der Waals surface area contributed by atoms with E-state index < -0.39 is 15.8 Å². The van der Waals surface area contributed by atoms with Crippen molar-refractivity contribution in [3.63, 3.8) is 0 Å². The molecule has 4 heterocycles. The Balaban J connectivity index is 1.31. The number of hydrogen-bond donors (Lipinski definition) is 0. The molecule has 4 fully saturated rings. The van der Waals surface area contributed by atoms with Gasteiger partial charge < -0.3 is 56.8 Å². The van der Waals surface area contributed by atoms with Crippen molar-refractivity contribution < 1.29 is 56.8 Å². The zero-order valence-corrected chi connectivity index (χ0v) is 34.4. The van der Waals surface area contributed by atoms with Crippen LogP contribution in [0.1, 0.15) is 34.1 Å².